The fraction of sp³-hybridized carbons (Fsp3) is 1.00. The lowest BCUT2D eigenvalue weighted by atomic mass is 9.95. The van der Waals surface area contributed by atoms with E-state index in [0.717, 1.165) is 0 Å². The molecule has 83 heavy (non-hydrogen) atoms. The molecule has 484 valence electrons. The van der Waals surface area contributed by atoms with Crippen molar-refractivity contribution in [3.05, 3.63) is 0 Å². The van der Waals surface area contributed by atoms with Crippen molar-refractivity contribution in [3.63, 3.8) is 0 Å². The zero-order chi connectivity index (χ0) is 60.6. The van der Waals surface area contributed by atoms with Gasteiger partial charge in [0.1, 0.15) is 177 Å². The fourth-order valence-electron chi connectivity index (χ4n) is 10.3. The number of hydrogen-bond donors (Lipinski definition) is 23. The molecular weight excluding hydrogens is 1150 g/mol. The van der Waals surface area contributed by atoms with Gasteiger partial charge in [0.05, 0.1) is 52.9 Å². The Labute approximate surface area is 468 Å². The Morgan fingerprint density at radius 1 is 0.253 bits per heavy atom. The van der Waals surface area contributed by atoms with Crippen molar-refractivity contribution in [2.24, 2.45) is 0 Å². The molecule has 0 aromatic carbocycles. The van der Waals surface area contributed by atoms with E-state index in [1.165, 1.54) is 0 Å². The van der Waals surface area contributed by atoms with E-state index in [9.17, 15) is 117 Å². The molecule has 8 rings (SSSR count). The van der Waals surface area contributed by atoms with Crippen LogP contribution in [0.4, 0.5) is 0 Å². The highest BCUT2D eigenvalue weighted by Gasteiger charge is 2.57. The molecule has 0 aromatic rings. The summed E-state index contributed by atoms with van der Waals surface area (Å²) in [7, 11) is 0. The smallest absolute Gasteiger partial charge is 0.187 e. The molecule has 8 aliphatic heterocycles. The Kier molecular flexibility index (Phi) is 23.5. The van der Waals surface area contributed by atoms with Gasteiger partial charge in [-0.1, -0.05) is 0 Å². The van der Waals surface area contributed by atoms with E-state index in [2.05, 4.69) is 0 Å². The lowest BCUT2D eigenvalue weighted by Crippen LogP contribution is -2.68. The molecular formula is C45H76O38. The molecule has 38 heteroatoms. The first-order chi connectivity index (χ1) is 39.3. The molecule has 1 unspecified atom stereocenters. The zero-order valence-corrected chi connectivity index (χ0v) is 43.4. The molecule has 37 atom stereocenters. The topological polar surface area (TPSA) is 604 Å². The fourth-order valence-corrected chi connectivity index (χ4v) is 10.3. The second-order valence-electron chi connectivity index (χ2n) is 21.2. The normalized spacial score (nSPS) is 53.9. The van der Waals surface area contributed by atoms with Crippen molar-refractivity contribution >= 4 is 0 Å². The lowest BCUT2D eigenvalue weighted by Gasteiger charge is -2.49. The summed E-state index contributed by atoms with van der Waals surface area (Å²) in [6.07, 6.45) is -72.2. The third kappa shape index (κ3) is 14.6. The predicted octanol–water partition coefficient (Wildman–Crippen LogP) is -16.5. The Morgan fingerprint density at radius 2 is 0.566 bits per heavy atom. The summed E-state index contributed by atoms with van der Waals surface area (Å²) < 4.78 is 84.8. The summed E-state index contributed by atoms with van der Waals surface area (Å²) >= 11 is 0. The molecule has 8 saturated heterocycles. The van der Waals surface area contributed by atoms with E-state index < -0.39 is 280 Å². The van der Waals surface area contributed by atoms with E-state index >= 15 is 0 Å². The molecule has 0 radical (unpaired) electrons. The lowest BCUT2D eigenvalue weighted by molar-refractivity contribution is -0.395. The van der Waals surface area contributed by atoms with Crippen molar-refractivity contribution in [2.75, 3.05) is 52.9 Å². The Hall–Kier alpha value is -1.52. The standard InChI is InChI=1S/C45H76O38/c46-1-12-20(54)22(56)30(64)41(76-12)83-37-19(53)11(50)5-71-45(37)74-8-16-36(25(59)32(66)43(79-16)80-34-13(2-47)75-38(68)27(61)24(34)58)82-44-33(67)26(60)35(15(78-44)7-73-40-29(63)18(52)10(49)4-70-40)81-42-31(65)23(57)21(55)14(77-42)6-72-39-28(62)17(51)9(48)3-69-39/h9-68H,1-8H2/t9-,10-,11-,12-,13-,14-,15-,16-,17+,18+,19+,20+,21-,22+,23+,24-,25-,26-,27-,28-,29-,30-,31-,32-,33-,34-,35-,36-,37-,38?,39-,40-,41+,42+,43+,44+,45-/m1/s1. The van der Waals surface area contributed by atoms with Crippen LogP contribution in [-0.4, -0.2) is 398 Å². The van der Waals surface area contributed by atoms with E-state index in [4.69, 9.17) is 71.1 Å². The van der Waals surface area contributed by atoms with Gasteiger partial charge in [0.15, 0.2) is 50.3 Å². The van der Waals surface area contributed by atoms with Crippen molar-refractivity contribution in [3.8, 4) is 0 Å². The molecule has 0 amide bonds. The minimum Gasteiger partial charge on any atom is -0.394 e. The predicted molar refractivity (Wildman–Crippen MR) is 246 cm³/mol. The minimum absolute atomic E-state index is 0.496. The first-order valence-electron chi connectivity index (χ1n) is 26.4. The van der Waals surface area contributed by atoms with Crippen molar-refractivity contribution in [1.29, 1.82) is 0 Å². The quantitative estimate of drug-likeness (QED) is 0.0571. The largest absolute Gasteiger partial charge is 0.394 e. The van der Waals surface area contributed by atoms with Crippen LogP contribution in [0.2, 0.25) is 0 Å². The highest BCUT2D eigenvalue weighted by atomic mass is 16.8. The highest BCUT2D eigenvalue weighted by Crippen LogP contribution is 2.37. The average Bonchev–Trinajstić information content (AvgIpc) is 3.67. The van der Waals surface area contributed by atoms with Gasteiger partial charge in [0, 0.05) is 0 Å². The summed E-state index contributed by atoms with van der Waals surface area (Å²) in [5.74, 6) is 0. The third-order valence-corrected chi connectivity index (χ3v) is 15.4. The first-order valence-corrected chi connectivity index (χ1v) is 26.4. The number of ether oxygens (including phenoxy) is 15. The van der Waals surface area contributed by atoms with Crippen LogP contribution in [0.25, 0.3) is 0 Å². The highest BCUT2D eigenvalue weighted by molar-refractivity contribution is 5.00. The second-order valence-corrected chi connectivity index (χ2v) is 21.2. The molecule has 38 nitrogen and oxygen atoms in total. The molecule has 23 N–H and O–H groups in total. The number of aliphatic hydroxyl groups excluding tert-OH is 23. The minimum atomic E-state index is -2.38. The summed E-state index contributed by atoms with van der Waals surface area (Å²) in [6, 6.07) is 0. The number of rotatable bonds is 19. The maximum absolute atomic E-state index is 11.9. The van der Waals surface area contributed by atoms with Crippen LogP contribution >= 0.6 is 0 Å². The number of hydrogen-bond acceptors (Lipinski definition) is 38. The first kappa shape index (κ1) is 67.4. The summed E-state index contributed by atoms with van der Waals surface area (Å²) in [4.78, 5) is 0. The average molecular weight is 1230 g/mol. The van der Waals surface area contributed by atoms with Crippen LogP contribution in [0.3, 0.4) is 0 Å². The molecule has 0 saturated carbocycles. The second kappa shape index (κ2) is 29.0. The number of aliphatic hydroxyl groups is 23. The van der Waals surface area contributed by atoms with E-state index in [1.807, 2.05) is 0 Å². The maximum Gasteiger partial charge on any atom is 0.187 e. The van der Waals surface area contributed by atoms with Gasteiger partial charge < -0.3 is 189 Å². The SMILES string of the molecule is OC[C@H]1O[C@@H](O[C@H]2[C@@H](OC[C@H]3O[C@@H](O[C@H]4[C@H](O)[C@@H](O)C(O)O[C@@H]4CO)[C@H](O)[C@@H](O)[C@@H]3O[C@@H]3O[C@H](CO[C@H]4OC[C@@H](O)[C@H](O)[C@H]4O)[C@@H](O[C@@H]4O[C@H](CO[C@H]5OC[C@@H](O)[C@H](O)[C@H]5O)[C@@H](O)[C@H](O)[C@H]4O)[C@H](O)[C@H]3O)OC[C@@H](O)[C@@H]2O)[C@H](O)[C@@H](O)[C@H]1O. The molecule has 0 aromatic heterocycles. The van der Waals surface area contributed by atoms with Crippen molar-refractivity contribution in [2.45, 2.75) is 227 Å². The van der Waals surface area contributed by atoms with Crippen LogP contribution in [0, 0.1) is 0 Å². The van der Waals surface area contributed by atoms with Gasteiger partial charge in [-0.3, -0.25) is 0 Å². The van der Waals surface area contributed by atoms with Gasteiger partial charge in [-0.15, -0.1) is 0 Å². The van der Waals surface area contributed by atoms with Crippen LogP contribution < -0.4 is 0 Å². The van der Waals surface area contributed by atoms with Gasteiger partial charge in [-0.05, 0) is 0 Å². The summed E-state index contributed by atoms with van der Waals surface area (Å²) in [5.41, 5.74) is 0. The van der Waals surface area contributed by atoms with Gasteiger partial charge in [-0.25, -0.2) is 0 Å². The monoisotopic (exact) mass is 1220 g/mol. The van der Waals surface area contributed by atoms with Gasteiger partial charge in [-0.2, -0.15) is 0 Å². The molecule has 8 heterocycles. The molecule has 0 bridgehead atoms. The summed E-state index contributed by atoms with van der Waals surface area (Å²) in [6.45, 7) is -6.35. The van der Waals surface area contributed by atoms with Gasteiger partial charge in [0.25, 0.3) is 0 Å². The third-order valence-electron chi connectivity index (χ3n) is 15.4. The van der Waals surface area contributed by atoms with Gasteiger partial charge >= 0.3 is 0 Å². The molecule has 0 aliphatic carbocycles. The van der Waals surface area contributed by atoms with Crippen molar-refractivity contribution < 1.29 is 189 Å². The Morgan fingerprint density at radius 3 is 1.01 bits per heavy atom. The molecule has 0 spiro atoms. The van der Waals surface area contributed by atoms with E-state index in [1.54, 1.807) is 0 Å². The van der Waals surface area contributed by atoms with Crippen LogP contribution in [0.15, 0.2) is 0 Å². The van der Waals surface area contributed by atoms with E-state index in [0.29, 0.717) is 0 Å². The molecule has 8 fully saturated rings. The van der Waals surface area contributed by atoms with Gasteiger partial charge in [0.2, 0.25) is 0 Å². The van der Waals surface area contributed by atoms with Crippen LogP contribution in [0.5, 0.6) is 0 Å². The Bertz CT molecular complexity index is 1970. The van der Waals surface area contributed by atoms with E-state index in [-0.39, 0.29) is 0 Å². The van der Waals surface area contributed by atoms with Crippen LogP contribution in [-0.2, 0) is 71.1 Å². The Balaban J connectivity index is 1.05. The zero-order valence-electron chi connectivity index (χ0n) is 43.4. The van der Waals surface area contributed by atoms with Crippen molar-refractivity contribution in [1.82, 2.24) is 0 Å². The van der Waals surface area contributed by atoms with Crippen LogP contribution in [0.1, 0.15) is 0 Å². The molecule has 8 aliphatic rings. The maximum atomic E-state index is 11.9. The summed E-state index contributed by atoms with van der Waals surface area (Å²) in [5, 5.41) is 246.